The molecule has 1 aromatic rings. The number of methoxy groups -OCH3 is 1. The van der Waals surface area contributed by atoms with E-state index in [0.717, 1.165) is 17.9 Å². The summed E-state index contributed by atoms with van der Waals surface area (Å²) in [5.74, 6) is -0.224. The average molecular weight is 417 g/mol. The van der Waals surface area contributed by atoms with Gasteiger partial charge in [-0.3, -0.25) is 9.59 Å². The van der Waals surface area contributed by atoms with Crippen LogP contribution in [-0.2, 0) is 9.59 Å². The largest absolute Gasteiger partial charge is 0.503 e. The molecule has 4 aliphatic rings. The monoisotopic (exact) mass is 416 g/mol. The fourth-order valence-electron chi connectivity index (χ4n) is 5.12. The van der Waals surface area contributed by atoms with E-state index in [1.165, 1.54) is 13.3 Å². The van der Waals surface area contributed by atoms with E-state index in [0.29, 0.717) is 10.0 Å². The zero-order valence-corrected chi connectivity index (χ0v) is 15.6. The summed E-state index contributed by atoms with van der Waals surface area (Å²) in [6, 6.07) is 3.25. The summed E-state index contributed by atoms with van der Waals surface area (Å²) in [4.78, 5) is 25.7. The molecule has 1 spiro atoms. The van der Waals surface area contributed by atoms with Crippen LogP contribution >= 0.6 is 15.9 Å². The maximum Gasteiger partial charge on any atom is 0.254 e. The number of hydrazone groups is 1. The second-order valence-corrected chi connectivity index (χ2v) is 8.36. The SMILES string of the molecule is COc1cc(C=NN2C(=O)C3C(C2=O)C2C=CC3C23CC3)cc(Br)c1O. The predicted octanol–water partition coefficient (Wildman–Crippen LogP) is 2.69. The molecule has 1 saturated heterocycles. The minimum atomic E-state index is -0.252. The lowest BCUT2D eigenvalue weighted by molar-refractivity contribution is -0.141. The molecule has 0 radical (unpaired) electrons. The molecule has 5 rings (SSSR count). The number of carbonyl (C=O) groups excluding carboxylic acids is 2. The normalized spacial score (nSPS) is 32.9. The first-order valence-electron chi connectivity index (χ1n) is 8.64. The van der Waals surface area contributed by atoms with Gasteiger partial charge in [-0.1, -0.05) is 12.2 Å². The summed E-state index contributed by atoms with van der Waals surface area (Å²) in [7, 11) is 1.45. The van der Waals surface area contributed by atoms with Gasteiger partial charge in [-0.05, 0) is 63.7 Å². The van der Waals surface area contributed by atoms with E-state index < -0.39 is 0 Å². The van der Waals surface area contributed by atoms with Gasteiger partial charge in [0.2, 0.25) is 0 Å². The van der Waals surface area contributed by atoms with Crippen molar-refractivity contribution in [3.05, 3.63) is 34.3 Å². The van der Waals surface area contributed by atoms with Gasteiger partial charge in [0.05, 0.1) is 29.6 Å². The Labute approximate surface area is 158 Å². The molecule has 26 heavy (non-hydrogen) atoms. The number of halogens is 1. The highest BCUT2D eigenvalue weighted by Gasteiger charge is 2.73. The lowest BCUT2D eigenvalue weighted by atomic mass is 9.85. The summed E-state index contributed by atoms with van der Waals surface area (Å²) in [6.07, 6.45) is 7.96. The average Bonchev–Trinajstić information content (AvgIpc) is 3.23. The highest BCUT2D eigenvalue weighted by Crippen LogP contribution is 2.73. The molecule has 6 nitrogen and oxygen atoms in total. The van der Waals surface area contributed by atoms with Crippen molar-refractivity contribution < 1.29 is 19.4 Å². The van der Waals surface area contributed by atoms with Crippen LogP contribution in [0, 0.1) is 29.1 Å². The molecule has 1 aliphatic heterocycles. The van der Waals surface area contributed by atoms with Gasteiger partial charge in [-0.25, -0.2) is 0 Å². The predicted molar refractivity (Wildman–Crippen MR) is 96.6 cm³/mol. The van der Waals surface area contributed by atoms with Gasteiger partial charge < -0.3 is 9.84 Å². The molecule has 4 unspecified atom stereocenters. The Morgan fingerprint density at radius 2 is 1.85 bits per heavy atom. The Kier molecular flexibility index (Phi) is 3.20. The molecule has 134 valence electrons. The number of hydrogen-bond acceptors (Lipinski definition) is 5. The molecule has 2 saturated carbocycles. The van der Waals surface area contributed by atoms with Crippen LogP contribution < -0.4 is 4.74 Å². The molecule has 2 amide bonds. The van der Waals surface area contributed by atoms with E-state index in [2.05, 4.69) is 33.2 Å². The van der Waals surface area contributed by atoms with Crippen molar-refractivity contribution in [1.29, 1.82) is 0 Å². The van der Waals surface area contributed by atoms with Crippen molar-refractivity contribution in [1.82, 2.24) is 5.01 Å². The second-order valence-electron chi connectivity index (χ2n) is 7.51. The Morgan fingerprint density at radius 3 is 2.38 bits per heavy atom. The summed E-state index contributed by atoms with van der Waals surface area (Å²) in [6.45, 7) is 0. The summed E-state index contributed by atoms with van der Waals surface area (Å²) in [5.41, 5.74) is 0.801. The van der Waals surface area contributed by atoms with Crippen LogP contribution in [0.4, 0.5) is 0 Å². The zero-order valence-electron chi connectivity index (χ0n) is 14.1. The van der Waals surface area contributed by atoms with Gasteiger partial charge in [0.25, 0.3) is 11.8 Å². The number of allylic oxidation sites excluding steroid dienone is 2. The van der Waals surface area contributed by atoms with Crippen molar-refractivity contribution in [2.45, 2.75) is 12.8 Å². The standard InChI is InChI=1S/C19H17BrN2O4/c1-26-13-7-9(6-12(20)16(13)23)8-21-22-17(24)14-10-2-3-11(15(14)18(22)25)19(10)4-5-19/h2-3,6-8,10-11,14-15,23H,4-5H2,1H3. The number of benzene rings is 1. The van der Waals surface area contributed by atoms with Crippen LogP contribution in [0.5, 0.6) is 11.5 Å². The van der Waals surface area contributed by atoms with Crippen molar-refractivity contribution in [2.75, 3.05) is 7.11 Å². The first-order chi connectivity index (χ1) is 12.5. The van der Waals surface area contributed by atoms with Gasteiger partial charge >= 0.3 is 0 Å². The number of amides is 2. The van der Waals surface area contributed by atoms with Crippen molar-refractivity contribution in [3.63, 3.8) is 0 Å². The topological polar surface area (TPSA) is 79.2 Å². The molecule has 3 fully saturated rings. The van der Waals surface area contributed by atoms with Crippen molar-refractivity contribution in [3.8, 4) is 11.5 Å². The fraction of sp³-hybridized carbons (Fsp3) is 0.421. The maximum atomic E-state index is 12.9. The number of phenolic OH excluding ortho intramolecular Hbond substituents is 1. The lowest BCUT2D eigenvalue weighted by Crippen LogP contribution is -2.30. The summed E-state index contributed by atoms with van der Waals surface area (Å²) >= 11 is 3.25. The molecule has 0 aromatic heterocycles. The number of ether oxygens (including phenoxy) is 1. The van der Waals surface area contributed by atoms with E-state index >= 15 is 0 Å². The first kappa shape index (κ1) is 16.1. The van der Waals surface area contributed by atoms with E-state index in [9.17, 15) is 14.7 Å². The lowest BCUT2D eigenvalue weighted by Gasteiger charge is -2.18. The number of nitrogens with zero attached hydrogens (tertiary/aromatic N) is 2. The molecule has 3 aliphatic carbocycles. The molecule has 1 aromatic carbocycles. The highest BCUT2D eigenvalue weighted by molar-refractivity contribution is 9.10. The molecule has 1 heterocycles. The number of imide groups is 1. The quantitative estimate of drug-likeness (QED) is 0.466. The minimum Gasteiger partial charge on any atom is -0.503 e. The maximum absolute atomic E-state index is 12.9. The van der Waals surface area contributed by atoms with Crippen LogP contribution in [0.15, 0.2) is 33.9 Å². The number of aromatic hydroxyl groups is 1. The smallest absolute Gasteiger partial charge is 0.254 e. The van der Waals surface area contributed by atoms with Crippen LogP contribution in [0.2, 0.25) is 0 Å². The Morgan fingerprint density at radius 1 is 1.23 bits per heavy atom. The zero-order chi connectivity index (χ0) is 18.2. The molecule has 7 heteroatoms. The van der Waals surface area contributed by atoms with Crippen LogP contribution in [0.25, 0.3) is 0 Å². The Balaban J connectivity index is 1.43. The fourth-order valence-corrected chi connectivity index (χ4v) is 5.58. The third-order valence-corrected chi connectivity index (χ3v) is 7.03. The highest BCUT2D eigenvalue weighted by atomic mass is 79.9. The minimum absolute atomic E-state index is 0.00936. The molecule has 1 N–H and O–H groups in total. The van der Waals surface area contributed by atoms with Gasteiger partial charge in [0.1, 0.15) is 0 Å². The first-order valence-corrected chi connectivity index (χ1v) is 9.44. The summed E-state index contributed by atoms with van der Waals surface area (Å²) in [5, 5.41) is 15.1. The number of phenols is 1. The van der Waals surface area contributed by atoms with E-state index in [1.54, 1.807) is 12.1 Å². The number of fused-ring (bicyclic) bond motifs is 3. The van der Waals surface area contributed by atoms with E-state index in [1.807, 2.05) is 0 Å². The van der Waals surface area contributed by atoms with Crippen LogP contribution in [0.1, 0.15) is 18.4 Å². The van der Waals surface area contributed by atoms with Gasteiger partial charge in [-0.2, -0.15) is 10.1 Å². The summed E-state index contributed by atoms with van der Waals surface area (Å²) < 4.78 is 5.56. The molecule has 2 bridgehead atoms. The van der Waals surface area contributed by atoms with Crippen molar-refractivity contribution in [2.24, 2.45) is 34.2 Å². The van der Waals surface area contributed by atoms with Gasteiger partial charge in [0, 0.05) is 0 Å². The van der Waals surface area contributed by atoms with Gasteiger partial charge in [0.15, 0.2) is 11.5 Å². The van der Waals surface area contributed by atoms with Crippen LogP contribution in [-0.4, -0.2) is 35.3 Å². The Bertz CT molecular complexity index is 871. The van der Waals surface area contributed by atoms with Crippen LogP contribution in [0.3, 0.4) is 0 Å². The second kappa shape index (κ2) is 5.19. The van der Waals surface area contributed by atoms with E-state index in [-0.39, 0.29) is 52.4 Å². The number of rotatable bonds is 3. The van der Waals surface area contributed by atoms with E-state index in [4.69, 9.17) is 4.74 Å². The Hall–Kier alpha value is -2.15. The van der Waals surface area contributed by atoms with Gasteiger partial charge in [-0.15, -0.1) is 0 Å². The van der Waals surface area contributed by atoms with Crippen molar-refractivity contribution >= 4 is 34.0 Å². The number of carbonyl (C=O) groups is 2. The number of hydrogen-bond donors (Lipinski definition) is 1. The third-order valence-electron chi connectivity index (χ3n) is 6.42. The molecule has 4 atom stereocenters. The molecular formula is C19H17BrN2O4. The third kappa shape index (κ3) is 1.89. The molecular weight excluding hydrogens is 400 g/mol.